The van der Waals surface area contributed by atoms with Crippen LogP contribution < -0.4 is 9.75 Å². The van der Waals surface area contributed by atoms with Gasteiger partial charge >= 0.3 is 0 Å². The zero-order valence-electron chi connectivity index (χ0n) is 14.4. The molecule has 2 aromatic rings. The summed E-state index contributed by atoms with van der Waals surface area (Å²) in [6, 6.07) is 8.74. The molecular weight excluding hydrogens is 519 g/mol. The van der Waals surface area contributed by atoms with Crippen LogP contribution in [0.25, 0.3) is 6.08 Å². The Kier molecular flexibility index (Phi) is 6.31. The molecular formula is C19H14Br2Cl2N2O2. The molecule has 3 rings (SSSR count). The van der Waals surface area contributed by atoms with Gasteiger partial charge in [0.2, 0.25) is 0 Å². The van der Waals surface area contributed by atoms with Gasteiger partial charge in [-0.2, -0.15) is 10.1 Å². The minimum absolute atomic E-state index is 0.246. The van der Waals surface area contributed by atoms with E-state index in [1.165, 1.54) is 5.01 Å². The van der Waals surface area contributed by atoms with E-state index in [4.69, 9.17) is 27.9 Å². The highest BCUT2D eigenvalue weighted by Gasteiger charge is 2.29. The molecule has 27 heavy (non-hydrogen) atoms. The minimum Gasteiger partial charge on any atom is -0.492 e. The molecule has 0 saturated heterocycles. The van der Waals surface area contributed by atoms with Crippen LogP contribution in [0.15, 0.2) is 50.0 Å². The predicted octanol–water partition coefficient (Wildman–Crippen LogP) is 6.72. The number of carbonyl (C=O) groups excluding carboxylic acids is 1. The molecule has 0 saturated carbocycles. The van der Waals surface area contributed by atoms with Crippen molar-refractivity contribution in [1.29, 1.82) is 0 Å². The molecule has 1 aliphatic heterocycles. The lowest BCUT2D eigenvalue weighted by Gasteiger charge is -2.13. The van der Waals surface area contributed by atoms with Crippen molar-refractivity contribution >= 4 is 78.4 Å². The van der Waals surface area contributed by atoms with Crippen LogP contribution in [0.5, 0.6) is 5.75 Å². The Hall–Kier alpha value is -1.34. The maximum Gasteiger partial charge on any atom is 0.280 e. The molecule has 140 valence electrons. The Morgan fingerprint density at radius 1 is 1.19 bits per heavy atom. The number of halogens is 4. The largest absolute Gasteiger partial charge is 0.492 e. The van der Waals surface area contributed by atoms with E-state index < -0.39 is 0 Å². The number of nitrogens with zero attached hydrogens (tertiary/aromatic N) is 2. The average molecular weight is 533 g/mol. The smallest absolute Gasteiger partial charge is 0.280 e. The lowest BCUT2D eigenvalue weighted by atomic mass is 10.1. The third-order valence-corrected chi connectivity index (χ3v) is 5.62. The monoisotopic (exact) mass is 530 g/mol. The second-order valence-electron chi connectivity index (χ2n) is 5.70. The number of benzene rings is 2. The number of hydrogen-bond acceptors (Lipinski definition) is 3. The Balaban J connectivity index is 2.03. The van der Waals surface area contributed by atoms with E-state index in [0.29, 0.717) is 39.4 Å². The van der Waals surface area contributed by atoms with E-state index in [2.05, 4.69) is 37.0 Å². The zero-order valence-corrected chi connectivity index (χ0v) is 19.1. The quantitative estimate of drug-likeness (QED) is 0.410. The third-order valence-electron chi connectivity index (χ3n) is 3.84. The third kappa shape index (κ3) is 4.24. The zero-order chi connectivity index (χ0) is 19.7. The van der Waals surface area contributed by atoms with Crippen LogP contribution in [0, 0.1) is 0 Å². The molecule has 0 N–H and O–H groups in total. The van der Waals surface area contributed by atoms with Gasteiger partial charge in [-0.1, -0.05) is 39.1 Å². The first-order chi connectivity index (χ1) is 12.8. The molecule has 1 heterocycles. The number of hydrogen-bond donors (Lipinski definition) is 0. The highest BCUT2D eigenvalue weighted by atomic mass is 79.9. The lowest BCUT2D eigenvalue weighted by Crippen LogP contribution is -2.21. The Morgan fingerprint density at radius 2 is 1.93 bits per heavy atom. The summed E-state index contributed by atoms with van der Waals surface area (Å²) in [6.07, 6.45) is 1.78. The van der Waals surface area contributed by atoms with Crippen molar-refractivity contribution in [2.45, 2.75) is 13.8 Å². The van der Waals surface area contributed by atoms with Gasteiger partial charge in [0.05, 0.1) is 38.1 Å². The van der Waals surface area contributed by atoms with Gasteiger partial charge in [-0.15, -0.1) is 0 Å². The standard InChI is InChI=1S/C19H14Br2Cl2N2O2/c1-3-27-18-11(6-12(20)8-15(18)21)7-14-10(2)24-25(19(14)26)13-4-5-16(22)17(23)9-13/h4-9H,3H2,1-2H3/b14-7+. The fourth-order valence-corrected chi connectivity index (χ4v) is 4.28. The van der Waals surface area contributed by atoms with Crippen LogP contribution in [-0.2, 0) is 4.79 Å². The molecule has 1 amide bonds. The number of rotatable bonds is 4. The van der Waals surface area contributed by atoms with Crippen LogP contribution in [0.1, 0.15) is 19.4 Å². The summed E-state index contributed by atoms with van der Waals surface area (Å²) in [7, 11) is 0. The SMILES string of the molecule is CCOc1c(Br)cc(Br)cc1/C=C1/C(=O)N(c2ccc(Cl)c(Cl)c2)N=C1C. The topological polar surface area (TPSA) is 41.9 Å². The summed E-state index contributed by atoms with van der Waals surface area (Å²) < 4.78 is 7.40. The highest BCUT2D eigenvalue weighted by molar-refractivity contribution is 9.11. The Bertz CT molecular complexity index is 990. The number of carbonyl (C=O) groups is 1. The van der Waals surface area contributed by atoms with Gasteiger partial charge in [-0.25, -0.2) is 0 Å². The van der Waals surface area contributed by atoms with Gasteiger partial charge in [0.15, 0.2) is 0 Å². The van der Waals surface area contributed by atoms with Gasteiger partial charge < -0.3 is 4.74 Å². The Morgan fingerprint density at radius 3 is 2.59 bits per heavy atom. The average Bonchev–Trinajstić information content (AvgIpc) is 2.88. The summed E-state index contributed by atoms with van der Waals surface area (Å²) in [5.74, 6) is 0.422. The van der Waals surface area contributed by atoms with Crippen LogP contribution in [0.4, 0.5) is 5.69 Å². The molecule has 0 aliphatic carbocycles. The maximum absolute atomic E-state index is 13.0. The van der Waals surface area contributed by atoms with Crippen molar-refractivity contribution in [3.8, 4) is 5.75 Å². The number of anilines is 1. The molecule has 0 unspecified atom stereocenters. The maximum atomic E-state index is 13.0. The molecule has 8 heteroatoms. The molecule has 0 aromatic heterocycles. The van der Waals surface area contributed by atoms with Crippen molar-refractivity contribution in [1.82, 2.24) is 0 Å². The fourth-order valence-electron chi connectivity index (χ4n) is 2.62. The summed E-state index contributed by atoms with van der Waals surface area (Å²) in [4.78, 5) is 13.0. The predicted molar refractivity (Wildman–Crippen MR) is 118 cm³/mol. The molecule has 0 spiro atoms. The van der Waals surface area contributed by atoms with Gasteiger partial charge in [-0.05, 0) is 66.2 Å². The van der Waals surface area contributed by atoms with E-state index in [1.807, 2.05) is 19.1 Å². The van der Waals surface area contributed by atoms with E-state index >= 15 is 0 Å². The summed E-state index contributed by atoms with van der Waals surface area (Å²) in [6.45, 7) is 4.20. The highest BCUT2D eigenvalue weighted by Crippen LogP contribution is 2.36. The summed E-state index contributed by atoms with van der Waals surface area (Å²) in [5.41, 5.74) is 2.40. The molecule has 1 aliphatic rings. The fraction of sp³-hybridized carbons (Fsp3) is 0.158. The van der Waals surface area contributed by atoms with Crippen molar-refractivity contribution < 1.29 is 9.53 Å². The van der Waals surface area contributed by atoms with E-state index in [9.17, 15) is 4.79 Å². The van der Waals surface area contributed by atoms with Gasteiger partial charge in [0.25, 0.3) is 5.91 Å². The first-order valence-corrected chi connectivity index (χ1v) is 10.3. The minimum atomic E-state index is -0.246. The molecule has 0 radical (unpaired) electrons. The van der Waals surface area contributed by atoms with E-state index in [1.54, 1.807) is 31.2 Å². The lowest BCUT2D eigenvalue weighted by molar-refractivity contribution is -0.114. The number of hydrazone groups is 1. The van der Waals surface area contributed by atoms with Crippen molar-refractivity contribution in [2.24, 2.45) is 5.10 Å². The molecule has 4 nitrogen and oxygen atoms in total. The second-order valence-corrected chi connectivity index (χ2v) is 8.28. The van der Waals surface area contributed by atoms with Crippen LogP contribution in [0.2, 0.25) is 10.0 Å². The van der Waals surface area contributed by atoms with Gasteiger partial charge in [-0.3, -0.25) is 4.79 Å². The molecule has 0 fully saturated rings. The van der Waals surface area contributed by atoms with Crippen molar-refractivity contribution in [3.63, 3.8) is 0 Å². The first-order valence-electron chi connectivity index (χ1n) is 8.00. The van der Waals surface area contributed by atoms with Gasteiger partial charge in [0.1, 0.15) is 5.75 Å². The number of ether oxygens (including phenoxy) is 1. The van der Waals surface area contributed by atoms with Crippen LogP contribution in [-0.4, -0.2) is 18.2 Å². The van der Waals surface area contributed by atoms with Crippen molar-refractivity contribution in [3.05, 3.63) is 60.5 Å². The van der Waals surface area contributed by atoms with E-state index in [0.717, 1.165) is 14.5 Å². The van der Waals surface area contributed by atoms with Crippen LogP contribution >= 0.6 is 55.1 Å². The van der Waals surface area contributed by atoms with Gasteiger partial charge in [0, 0.05) is 10.0 Å². The normalized spacial score (nSPS) is 15.5. The molecule has 0 atom stereocenters. The number of amides is 1. The molecule has 0 bridgehead atoms. The van der Waals surface area contributed by atoms with Crippen molar-refractivity contribution in [2.75, 3.05) is 11.6 Å². The first kappa shape index (κ1) is 20.4. The summed E-state index contributed by atoms with van der Waals surface area (Å²) >= 11 is 19.0. The molecule has 2 aromatic carbocycles. The summed E-state index contributed by atoms with van der Waals surface area (Å²) in [5, 5.41) is 6.47. The second kappa shape index (κ2) is 8.35. The Labute approximate surface area is 184 Å². The van der Waals surface area contributed by atoms with Crippen LogP contribution in [0.3, 0.4) is 0 Å². The van der Waals surface area contributed by atoms with E-state index in [-0.39, 0.29) is 5.91 Å².